The van der Waals surface area contributed by atoms with Gasteiger partial charge in [0.05, 0.1) is 16.9 Å². The lowest BCUT2D eigenvalue weighted by atomic mass is 9.95. The lowest BCUT2D eigenvalue weighted by Crippen LogP contribution is -2.22. The number of nitrogens with zero attached hydrogens (tertiary/aromatic N) is 2. The van der Waals surface area contributed by atoms with Crippen LogP contribution in [0.2, 0.25) is 10.0 Å². The molecule has 0 spiro atoms. The monoisotopic (exact) mass is 318 g/mol. The summed E-state index contributed by atoms with van der Waals surface area (Å²) < 4.78 is 1.29. The molecule has 0 atom stereocenters. The minimum atomic E-state index is -0.410. The van der Waals surface area contributed by atoms with Crippen LogP contribution < -0.4 is 5.56 Å². The van der Waals surface area contributed by atoms with Crippen LogP contribution in [0, 0.1) is 6.92 Å². The molecule has 106 valence electrons. The summed E-state index contributed by atoms with van der Waals surface area (Å²) in [5, 5.41) is 4.23. The zero-order valence-electron chi connectivity index (χ0n) is 11.3. The maximum atomic E-state index is 12.2. The minimum absolute atomic E-state index is 0.0129. The zero-order chi connectivity index (χ0) is 15.0. The first-order chi connectivity index (χ1) is 10.1. The van der Waals surface area contributed by atoms with Crippen molar-refractivity contribution in [2.75, 3.05) is 0 Å². The Balaban J connectivity index is 2.09. The Labute approximate surface area is 132 Å². The summed E-state index contributed by atoms with van der Waals surface area (Å²) in [6, 6.07) is 5.81. The van der Waals surface area contributed by atoms with E-state index in [0.29, 0.717) is 0 Å². The van der Waals surface area contributed by atoms with Gasteiger partial charge in [0.1, 0.15) is 5.02 Å². The average Bonchev–Trinajstić information content (AvgIpc) is 2.43. The van der Waals surface area contributed by atoms with Crippen molar-refractivity contribution in [3.8, 4) is 5.69 Å². The largest absolute Gasteiger partial charge is 0.291 e. The molecule has 0 bridgehead atoms. The molecule has 21 heavy (non-hydrogen) atoms. The molecular formula is C16H12Cl2N2O. The van der Waals surface area contributed by atoms with Crippen molar-refractivity contribution in [3.63, 3.8) is 0 Å². The molecule has 0 unspecified atom stereocenters. The highest BCUT2D eigenvalue weighted by Gasteiger charge is 2.13. The van der Waals surface area contributed by atoms with E-state index in [-0.39, 0.29) is 10.0 Å². The quantitative estimate of drug-likeness (QED) is 0.860. The average molecular weight is 319 g/mol. The summed E-state index contributed by atoms with van der Waals surface area (Å²) in [5.74, 6) is 0. The molecule has 1 aliphatic rings. The number of benzene rings is 1. The SMILES string of the molecule is Cc1c(CC2=CC=C2)cccc1-n1ncc(Cl)c(Cl)c1=O. The van der Waals surface area contributed by atoms with Gasteiger partial charge >= 0.3 is 0 Å². The van der Waals surface area contributed by atoms with Gasteiger partial charge in [0, 0.05) is 0 Å². The molecule has 0 amide bonds. The minimum Gasteiger partial charge on any atom is -0.266 e. The molecule has 5 heteroatoms. The Morgan fingerprint density at radius 1 is 1.29 bits per heavy atom. The van der Waals surface area contributed by atoms with E-state index in [0.717, 1.165) is 23.2 Å². The molecule has 2 aromatic rings. The Morgan fingerprint density at radius 2 is 2.05 bits per heavy atom. The topological polar surface area (TPSA) is 34.9 Å². The smallest absolute Gasteiger partial charge is 0.266 e. The summed E-state index contributed by atoms with van der Waals surface area (Å²) in [4.78, 5) is 12.2. The molecule has 0 saturated carbocycles. The van der Waals surface area contributed by atoms with E-state index in [9.17, 15) is 4.79 Å². The lowest BCUT2D eigenvalue weighted by Gasteiger charge is -2.14. The second-order valence-electron chi connectivity index (χ2n) is 4.86. The van der Waals surface area contributed by atoms with Crippen molar-refractivity contribution in [3.05, 3.63) is 79.7 Å². The molecule has 1 aromatic heterocycles. The third-order valence-electron chi connectivity index (χ3n) is 3.54. The van der Waals surface area contributed by atoms with Gasteiger partial charge in [-0.1, -0.05) is 53.6 Å². The molecule has 0 aliphatic heterocycles. The number of rotatable bonds is 3. The standard InChI is InChI=1S/C16H12Cl2N2O/c1-10-12(8-11-4-2-5-11)6-3-7-14(10)20-16(21)15(18)13(17)9-19-20/h2-7,9H,8H2,1H3. The second kappa shape index (κ2) is 5.51. The predicted octanol–water partition coefficient (Wildman–Crippen LogP) is 3.89. The van der Waals surface area contributed by atoms with Crippen LogP contribution >= 0.6 is 23.2 Å². The van der Waals surface area contributed by atoms with E-state index in [1.165, 1.54) is 16.5 Å². The van der Waals surface area contributed by atoms with Crippen LogP contribution in [0.3, 0.4) is 0 Å². The maximum Gasteiger partial charge on any atom is 0.291 e. The van der Waals surface area contributed by atoms with E-state index >= 15 is 0 Å². The van der Waals surface area contributed by atoms with E-state index < -0.39 is 5.56 Å². The van der Waals surface area contributed by atoms with E-state index in [1.807, 2.05) is 31.2 Å². The normalized spacial score (nSPS) is 13.0. The molecule has 1 heterocycles. The Morgan fingerprint density at radius 3 is 2.71 bits per heavy atom. The highest BCUT2D eigenvalue weighted by molar-refractivity contribution is 6.41. The van der Waals surface area contributed by atoms with Crippen molar-refractivity contribution in [2.24, 2.45) is 0 Å². The van der Waals surface area contributed by atoms with E-state index in [4.69, 9.17) is 23.2 Å². The van der Waals surface area contributed by atoms with Gasteiger partial charge < -0.3 is 0 Å². The fourth-order valence-corrected chi connectivity index (χ4v) is 2.50. The van der Waals surface area contributed by atoms with Gasteiger partial charge in [0.2, 0.25) is 0 Å². The summed E-state index contributed by atoms with van der Waals surface area (Å²) in [7, 11) is 0. The van der Waals surface area contributed by atoms with Crippen molar-refractivity contribution in [2.45, 2.75) is 13.3 Å². The molecule has 0 N–H and O–H groups in total. The van der Waals surface area contributed by atoms with Crippen LogP contribution in [0.5, 0.6) is 0 Å². The Kier molecular flexibility index (Phi) is 3.70. The van der Waals surface area contributed by atoms with Crippen molar-refractivity contribution in [1.82, 2.24) is 9.78 Å². The van der Waals surface area contributed by atoms with Crippen LogP contribution in [0.15, 0.2) is 53.0 Å². The fraction of sp³-hybridized carbons (Fsp3) is 0.125. The van der Waals surface area contributed by atoms with Crippen molar-refractivity contribution in [1.29, 1.82) is 0 Å². The van der Waals surface area contributed by atoms with Crippen molar-refractivity contribution >= 4 is 23.2 Å². The van der Waals surface area contributed by atoms with Crippen LogP contribution in [0.4, 0.5) is 0 Å². The molecule has 3 rings (SSSR count). The van der Waals surface area contributed by atoms with E-state index in [2.05, 4.69) is 17.3 Å². The number of allylic oxidation sites excluding steroid dienone is 4. The molecule has 3 nitrogen and oxygen atoms in total. The number of halogens is 2. The third kappa shape index (κ3) is 2.55. The van der Waals surface area contributed by atoms with Gasteiger partial charge in [-0.15, -0.1) is 0 Å². The van der Waals surface area contributed by atoms with Gasteiger partial charge in [0.15, 0.2) is 0 Å². The summed E-state index contributed by atoms with van der Waals surface area (Å²) in [5.41, 5.74) is 3.74. The van der Waals surface area contributed by atoms with Crippen LogP contribution in [-0.2, 0) is 6.42 Å². The zero-order valence-corrected chi connectivity index (χ0v) is 12.8. The van der Waals surface area contributed by atoms with Gasteiger partial charge in [0.25, 0.3) is 5.56 Å². The van der Waals surface area contributed by atoms with Crippen LogP contribution in [0.1, 0.15) is 11.1 Å². The third-order valence-corrected chi connectivity index (χ3v) is 4.29. The molecule has 0 radical (unpaired) electrons. The Hall–Kier alpha value is -1.84. The highest BCUT2D eigenvalue weighted by Crippen LogP contribution is 2.23. The van der Waals surface area contributed by atoms with Crippen LogP contribution in [0.25, 0.3) is 5.69 Å². The molecule has 0 fully saturated rings. The van der Waals surface area contributed by atoms with Gasteiger partial charge in [-0.3, -0.25) is 4.79 Å². The number of hydrogen-bond donors (Lipinski definition) is 0. The predicted molar refractivity (Wildman–Crippen MR) is 85.5 cm³/mol. The maximum absolute atomic E-state index is 12.2. The first-order valence-electron chi connectivity index (χ1n) is 6.47. The highest BCUT2D eigenvalue weighted by atomic mass is 35.5. The number of aromatic nitrogens is 2. The number of hydrogen-bond acceptors (Lipinski definition) is 2. The Bertz CT molecular complexity index is 835. The van der Waals surface area contributed by atoms with Gasteiger partial charge in [-0.25, -0.2) is 0 Å². The molecule has 1 aliphatic carbocycles. The molecule has 1 aromatic carbocycles. The molecular weight excluding hydrogens is 307 g/mol. The summed E-state index contributed by atoms with van der Waals surface area (Å²) in [6.45, 7) is 1.98. The van der Waals surface area contributed by atoms with Crippen LogP contribution in [-0.4, -0.2) is 9.78 Å². The van der Waals surface area contributed by atoms with Gasteiger partial charge in [-0.2, -0.15) is 9.78 Å². The van der Waals surface area contributed by atoms with Crippen molar-refractivity contribution < 1.29 is 0 Å². The summed E-state index contributed by atoms with van der Waals surface area (Å²) >= 11 is 11.7. The second-order valence-corrected chi connectivity index (χ2v) is 5.65. The first kappa shape index (κ1) is 14.1. The van der Waals surface area contributed by atoms with Gasteiger partial charge in [-0.05, 0) is 36.1 Å². The molecule has 0 saturated heterocycles. The lowest BCUT2D eigenvalue weighted by molar-refractivity contribution is 0.799. The summed E-state index contributed by atoms with van der Waals surface area (Å²) in [6.07, 6.45) is 8.39. The fourth-order valence-electron chi connectivity index (χ4n) is 2.25. The first-order valence-corrected chi connectivity index (χ1v) is 7.23. The van der Waals surface area contributed by atoms with E-state index in [1.54, 1.807) is 0 Å².